The molecule has 0 aromatic heterocycles. The van der Waals surface area contributed by atoms with E-state index >= 15 is 0 Å². The fraction of sp³-hybridized carbons (Fsp3) is 0.925. The van der Waals surface area contributed by atoms with Gasteiger partial charge in [0.2, 0.25) is 5.91 Å². The van der Waals surface area contributed by atoms with Crippen molar-refractivity contribution in [2.75, 3.05) is 13.2 Å². The average molecular weight is 1290 g/mol. The summed E-state index contributed by atoms with van der Waals surface area (Å²) in [6.07, 6.45) is 73.9. The summed E-state index contributed by atoms with van der Waals surface area (Å²) in [4.78, 5) is 26.8. The zero-order valence-electron chi connectivity index (χ0n) is 60.3. The van der Waals surface area contributed by atoms with E-state index in [9.17, 15) is 35.1 Å². The zero-order valence-corrected chi connectivity index (χ0v) is 60.3. The highest BCUT2D eigenvalue weighted by molar-refractivity contribution is 5.80. The first-order chi connectivity index (χ1) is 44.7. The van der Waals surface area contributed by atoms with Gasteiger partial charge in [0, 0.05) is 6.42 Å². The molecule has 1 fully saturated rings. The lowest BCUT2D eigenvalue weighted by Crippen LogP contribution is -2.61. The molecule has 11 heteroatoms. The van der Waals surface area contributed by atoms with Crippen LogP contribution in [0.3, 0.4) is 0 Å². The van der Waals surface area contributed by atoms with Crippen molar-refractivity contribution in [3.8, 4) is 0 Å². The van der Waals surface area contributed by atoms with Gasteiger partial charge in [-0.25, -0.2) is 0 Å². The minimum absolute atomic E-state index is 0.129. The van der Waals surface area contributed by atoms with Gasteiger partial charge in [0.15, 0.2) is 12.4 Å². The van der Waals surface area contributed by atoms with E-state index in [4.69, 9.17) is 14.2 Å². The Bertz CT molecular complexity index is 1580. The molecule has 1 amide bonds. The zero-order chi connectivity index (χ0) is 66.0. The van der Waals surface area contributed by atoms with E-state index in [-0.39, 0.29) is 13.0 Å². The van der Waals surface area contributed by atoms with Crippen LogP contribution in [0.25, 0.3) is 0 Å². The maximum absolute atomic E-state index is 13.5. The Balaban J connectivity index is 2.45. The minimum Gasteiger partial charge on any atom is -0.454 e. The van der Waals surface area contributed by atoms with Crippen molar-refractivity contribution in [1.82, 2.24) is 5.32 Å². The summed E-state index contributed by atoms with van der Waals surface area (Å²) >= 11 is 0. The number of hydrogen-bond donors (Lipinski definition) is 6. The molecule has 1 aliphatic heterocycles. The van der Waals surface area contributed by atoms with Crippen LogP contribution in [0.4, 0.5) is 0 Å². The highest BCUT2D eigenvalue weighted by atomic mass is 16.7. The number of hydrogen-bond acceptors (Lipinski definition) is 10. The Hall–Kier alpha value is -1.86. The summed E-state index contributed by atoms with van der Waals surface area (Å²) in [6.45, 7) is 5.86. The normalized spacial score (nSPS) is 18.0. The second-order valence-electron chi connectivity index (χ2n) is 28.2. The lowest BCUT2D eigenvalue weighted by Gasteiger charge is -2.41. The number of rotatable bonds is 71. The van der Waals surface area contributed by atoms with E-state index in [1.165, 1.54) is 308 Å². The van der Waals surface area contributed by atoms with Gasteiger partial charge in [-0.3, -0.25) is 9.59 Å². The summed E-state index contributed by atoms with van der Waals surface area (Å²) in [6, 6.07) is -1.02. The van der Waals surface area contributed by atoms with Gasteiger partial charge in [-0.2, -0.15) is 0 Å². The summed E-state index contributed by atoms with van der Waals surface area (Å²) in [7, 11) is 0. The molecule has 1 rings (SSSR count). The van der Waals surface area contributed by atoms with Gasteiger partial charge in [-0.15, -0.1) is 0 Å². The van der Waals surface area contributed by atoms with Crippen molar-refractivity contribution >= 4 is 11.9 Å². The molecule has 0 aromatic carbocycles. The first kappa shape index (κ1) is 87.2. The Kier molecular flexibility index (Phi) is 65.2. The molecular weight excluding hydrogens is 1130 g/mol. The smallest absolute Gasteiger partial charge is 0.306 e. The number of carbonyl (C=O) groups is 2. The van der Waals surface area contributed by atoms with Gasteiger partial charge in [0.25, 0.3) is 0 Å². The van der Waals surface area contributed by atoms with Gasteiger partial charge >= 0.3 is 5.97 Å². The fourth-order valence-electron chi connectivity index (χ4n) is 13.1. The topological polar surface area (TPSA) is 175 Å². The Labute approximate surface area is 562 Å². The molecular formula is C80H153NO10. The van der Waals surface area contributed by atoms with Crippen LogP contribution >= 0.6 is 0 Å². The van der Waals surface area contributed by atoms with Crippen LogP contribution < -0.4 is 5.32 Å². The van der Waals surface area contributed by atoms with Crippen LogP contribution in [-0.2, 0) is 23.8 Å². The average Bonchev–Trinajstić information content (AvgIpc) is 1.13. The Morgan fingerprint density at radius 1 is 0.418 bits per heavy atom. The van der Waals surface area contributed by atoms with Gasteiger partial charge in [0.1, 0.15) is 24.4 Å². The van der Waals surface area contributed by atoms with Crippen LogP contribution in [0.15, 0.2) is 24.3 Å². The molecule has 0 aromatic rings. The van der Waals surface area contributed by atoms with Gasteiger partial charge in [-0.05, 0) is 51.4 Å². The van der Waals surface area contributed by atoms with E-state index in [2.05, 4.69) is 38.2 Å². The van der Waals surface area contributed by atoms with Crippen molar-refractivity contribution < 1.29 is 49.3 Å². The van der Waals surface area contributed by atoms with Crippen molar-refractivity contribution in [2.24, 2.45) is 0 Å². The lowest BCUT2D eigenvalue weighted by atomic mass is 9.99. The number of ether oxygens (including phenoxy) is 3. The molecule has 0 radical (unpaired) electrons. The highest BCUT2D eigenvalue weighted by Crippen LogP contribution is 2.27. The number of aliphatic hydroxyl groups excluding tert-OH is 5. The number of aliphatic hydroxyl groups is 5. The second-order valence-corrected chi connectivity index (χ2v) is 28.2. The third-order valence-electron chi connectivity index (χ3n) is 19.4. The molecule has 0 saturated carbocycles. The number of carbonyl (C=O) groups excluding carboxylic acids is 2. The van der Waals surface area contributed by atoms with Gasteiger partial charge in [0.05, 0.1) is 25.4 Å². The second kappa shape index (κ2) is 68.1. The van der Waals surface area contributed by atoms with Crippen molar-refractivity contribution in [3.63, 3.8) is 0 Å². The van der Waals surface area contributed by atoms with Crippen LogP contribution in [0, 0.1) is 0 Å². The monoisotopic (exact) mass is 1290 g/mol. The summed E-state index contributed by atoms with van der Waals surface area (Å²) in [5.41, 5.74) is 0. The van der Waals surface area contributed by atoms with Crippen molar-refractivity contribution in [2.45, 2.75) is 461 Å². The molecule has 8 atom stereocenters. The first-order valence-electron chi connectivity index (χ1n) is 40.1. The van der Waals surface area contributed by atoms with E-state index in [0.717, 1.165) is 57.8 Å². The number of allylic oxidation sites excluding steroid dienone is 3. The van der Waals surface area contributed by atoms with Gasteiger partial charge in [-0.1, -0.05) is 379 Å². The Morgan fingerprint density at radius 3 is 1.07 bits per heavy atom. The maximum atomic E-state index is 13.5. The number of esters is 1. The molecule has 0 spiro atoms. The van der Waals surface area contributed by atoms with E-state index in [0.29, 0.717) is 19.3 Å². The van der Waals surface area contributed by atoms with E-state index in [1.54, 1.807) is 6.08 Å². The van der Waals surface area contributed by atoms with E-state index < -0.39 is 67.4 Å². The van der Waals surface area contributed by atoms with Crippen LogP contribution in [0.5, 0.6) is 0 Å². The minimum atomic E-state index is -1.61. The number of amides is 1. The summed E-state index contributed by atoms with van der Waals surface area (Å²) in [5.74, 6) is -1.17. The molecule has 0 aliphatic carbocycles. The highest BCUT2D eigenvalue weighted by Gasteiger charge is 2.47. The third kappa shape index (κ3) is 54.9. The van der Waals surface area contributed by atoms with Crippen molar-refractivity contribution in [1.29, 1.82) is 0 Å². The SMILES string of the molecule is CCCCCCCC/C=C/CCCCCCCCCCCCCCCCCC(=O)OC1C(OCC(NC(=O)C(O)CCCCCCCCCCCCCCCCCCCCCCCCCCCC)C(O)/C=C/CCCCCCCCCCC)OC(CO)C(O)C1O. The molecule has 6 N–H and O–H groups in total. The lowest BCUT2D eigenvalue weighted by molar-refractivity contribution is -0.305. The third-order valence-corrected chi connectivity index (χ3v) is 19.4. The van der Waals surface area contributed by atoms with Crippen LogP contribution in [-0.4, -0.2) is 99.6 Å². The standard InChI is InChI=1S/C80H153NO10/c1-4-7-10-13-16-19-22-24-26-28-30-32-34-36-38-39-41-43-45-47-49-52-55-58-61-64-67-73(84)79(88)81-71(72(83)66-63-60-57-54-51-21-18-15-12-9-6-3)70-89-80-78(77(87)76(86)74(69-82)90-80)91-75(85)68-65-62-59-56-53-50-48-46-44-42-40-37-35-33-31-29-27-25-23-20-17-14-11-8-5-2/h25,27,63,66,71-74,76-78,80,82-84,86-87H,4-24,26,28-62,64-65,67-70H2,1-3H3,(H,81,88)/b27-25+,66-63+. The number of nitrogens with one attached hydrogen (secondary N) is 1. The molecule has 0 bridgehead atoms. The predicted octanol–water partition coefficient (Wildman–Crippen LogP) is 21.5. The molecule has 1 aliphatic rings. The molecule has 8 unspecified atom stereocenters. The van der Waals surface area contributed by atoms with Crippen LogP contribution in [0.1, 0.15) is 412 Å². The first-order valence-corrected chi connectivity index (χ1v) is 40.1. The summed E-state index contributed by atoms with van der Waals surface area (Å²) in [5, 5.41) is 57.4. The molecule has 1 saturated heterocycles. The van der Waals surface area contributed by atoms with E-state index in [1.807, 2.05) is 6.08 Å². The molecule has 538 valence electrons. The molecule has 91 heavy (non-hydrogen) atoms. The molecule has 11 nitrogen and oxygen atoms in total. The Morgan fingerprint density at radius 2 is 0.725 bits per heavy atom. The fourth-order valence-corrected chi connectivity index (χ4v) is 13.1. The quantitative estimate of drug-likeness (QED) is 0.0195. The largest absolute Gasteiger partial charge is 0.454 e. The summed E-state index contributed by atoms with van der Waals surface area (Å²) < 4.78 is 17.8. The maximum Gasteiger partial charge on any atom is 0.306 e. The van der Waals surface area contributed by atoms with Crippen LogP contribution in [0.2, 0.25) is 0 Å². The van der Waals surface area contributed by atoms with Gasteiger partial charge < -0.3 is 45.1 Å². The predicted molar refractivity (Wildman–Crippen MR) is 384 cm³/mol. The molecule has 1 heterocycles. The van der Waals surface area contributed by atoms with Crippen molar-refractivity contribution in [3.05, 3.63) is 24.3 Å². The number of unbranched alkanes of at least 4 members (excludes halogenated alkanes) is 55.